The fraction of sp³-hybridized carbons (Fsp3) is 0.316. The Morgan fingerprint density at radius 2 is 1.50 bits per heavy atom. The molecule has 0 radical (unpaired) electrons. The van der Waals surface area contributed by atoms with Gasteiger partial charge in [0.2, 0.25) is 0 Å². The summed E-state index contributed by atoms with van der Waals surface area (Å²) in [5, 5.41) is 3.04. The number of nitrogens with one attached hydrogen (secondary N) is 1. The first kappa shape index (κ1) is 18.1. The molecule has 0 saturated carbocycles. The van der Waals surface area contributed by atoms with E-state index in [1.807, 2.05) is 0 Å². The summed E-state index contributed by atoms with van der Waals surface area (Å²) in [6.07, 6.45) is 0.691. The number of ether oxygens (including phenoxy) is 1. The van der Waals surface area contributed by atoms with Crippen LogP contribution in [-0.4, -0.2) is 25.7 Å². The van der Waals surface area contributed by atoms with E-state index in [1.54, 1.807) is 31.2 Å². The molecule has 2 rings (SSSR count). The first-order chi connectivity index (χ1) is 11.6. The molecule has 2 aromatic rings. The van der Waals surface area contributed by atoms with Crippen LogP contribution in [0.4, 0.5) is 8.78 Å². The van der Waals surface area contributed by atoms with Crippen molar-refractivity contribution in [2.75, 3.05) is 19.7 Å². The molecule has 1 N–H and O–H groups in total. The van der Waals surface area contributed by atoms with Crippen LogP contribution in [0.2, 0.25) is 0 Å². The fourth-order valence-corrected chi connectivity index (χ4v) is 2.56. The summed E-state index contributed by atoms with van der Waals surface area (Å²) in [6, 6.07) is 12.6. The molecule has 0 aliphatic carbocycles. The molecule has 3 nitrogen and oxygen atoms in total. The third kappa shape index (κ3) is 5.42. The average Bonchev–Trinajstić information content (AvgIpc) is 2.57. The number of hydrogen-bond acceptors (Lipinski definition) is 3. The molecule has 0 amide bonds. The van der Waals surface area contributed by atoms with E-state index < -0.39 is 0 Å². The van der Waals surface area contributed by atoms with Crippen LogP contribution in [0.25, 0.3) is 0 Å². The second kappa shape index (κ2) is 9.13. The summed E-state index contributed by atoms with van der Waals surface area (Å²) in [5.74, 6) is -0.896. The van der Waals surface area contributed by atoms with Gasteiger partial charge in [0.05, 0.1) is 13.2 Å². The minimum absolute atomic E-state index is 0.0131. The second-order valence-electron chi connectivity index (χ2n) is 5.43. The molecule has 24 heavy (non-hydrogen) atoms. The van der Waals surface area contributed by atoms with Crippen molar-refractivity contribution in [3.63, 3.8) is 0 Å². The summed E-state index contributed by atoms with van der Waals surface area (Å²) in [6.45, 7) is 2.84. The van der Waals surface area contributed by atoms with Crippen LogP contribution in [0, 0.1) is 11.6 Å². The third-order valence-corrected chi connectivity index (χ3v) is 3.73. The van der Waals surface area contributed by atoms with Gasteiger partial charge in [-0.1, -0.05) is 24.3 Å². The summed E-state index contributed by atoms with van der Waals surface area (Å²) in [7, 11) is 0. The fourth-order valence-electron chi connectivity index (χ4n) is 2.56. The van der Waals surface area contributed by atoms with Gasteiger partial charge in [-0.2, -0.15) is 0 Å². The Balaban J connectivity index is 2.04. The predicted molar refractivity (Wildman–Crippen MR) is 88.8 cm³/mol. The van der Waals surface area contributed by atoms with Crippen LogP contribution in [0.1, 0.15) is 30.4 Å². The van der Waals surface area contributed by atoms with Crippen molar-refractivity contribution in [2.45, 2.75) is 19.3 Å². The van der Waals surface area contributed by atoms with Crippen LogP contribution in [0.3, 0.4) is 0 Å². The van der Waals surface area contributed by atoms with Crippen molar-refractivity contribution < 1.29 is 18.3 Å². The molecule has 2 aromatic carbocycles. The standard InChI is InChI=1S/C19H21F2NO2/c1-2-24-19(23)13-22-12-11-18(14-3-7-16(20)8-4-14)15-5-9-17(21)10-6-15/h3-10,18,22H,2,11-13H2,1H3. The monoisotopic (exact) mass is 333 g/mol. The molecule has 0 atom stereocenters. The van der Waals surface area contributed by atoms with Crippen LogP contribution >= 0.6 is 0 Å². The molecule has 0 aromatic heterocycles. The van der Waals surface area contributed by atoms with Gasteiger partial charge >= 0.3 is 5.97 Å². The van der Waals surface area contributed by atoms with Gasteiger partial charge in [0.25, 0.3) is 0 Å². The Labute approximate surface area is 140 Å². The maximum Gasteiger partial charge on any atom is 0.319 e. The quantitative estimate of drug-likeness (QED) is 0.592. The van der Waals surface area contributed by atoms with Crippen LogP contribution in [0.15, 0.2) is 48.5 Å². The Morgan fingerprint density at radius 3 is 1.96 bits per heavy atom. The van der Waals surface area contributed by atoms with E-state index in [9.17, 15) is 13.6 Å². The molecule has 0 spiro atoms. The minimum atomic E-state index is -0.294. The van der Waals surface area contributed by atoms with E-state index in [0.29, 0.717) is 19.6 Å². The number of halogens is 2. The highest BCUT2D eigenvalue weighted by molar-refractivity contribution is 5.71. The van der Waals surface area contributed by atoms with Gasteiger partial charge in [-0.25, -0.2) is 8.78 Å². The molecule has 0 saturated heterocycles. The molecule has 0 bridgehead atoms. The Bertz CT molecular complexity index is 596. The highest BCUT2D eigenvalue weighted by Crippen LogP contribution is 2.28. The summed E-state index contributed by atoms with van der Waals surface area (Å²) in [4.78, 5) is 11.3. The zero-order valence-electron chi connectivity index (χ0n) is 13.6. The SMILES string of the molecule is CCOC(=O)CNCCC(c1ccc(F)cc1)c1ccc(F)cc1. The normalized spacial score (nSPS) is 10.8. The molecule has 0 aliphatic rings. The van der Waals surface area contributed by atoms with Gasteiger partial charge in [0, 0.05) is 5.92 Å². The maximum absolute atomic E-state index is 13.2. The Hall–Kier alpha value is -2.27. The van der Waals surface area contributed by atoms with E-state index in [1.165, 1.54) is 24.3 Å². The van der Waals surface area contributed by atoms with Crippen molar-refractivity contribution in [3.8, 4) is 0 Å². The van der Waals surface area contributed by atoms with Gasteiger partial charge < -0.3 is 10.1 Å². The first-order valence-electron chi connectivity index (χ1n) is 7.97. The number of rotatable bonds is 8. The van der Waals surface area contributed by atoms with Gasteiger partial charge in [-0.15, -0.1) is 0 Å². The van der Waals surface area contributed by atoms with Gasteiger partial charge in [-0.05, 0) is 55.3 Å². The molecule has 0 heterocycles. The molecular weight excluding hydrogens is 312 g/mol. The second-order valence-corrected chi connectivity index (χ2v) is 5.43. The average molecular weight is 333 g/mol. The molecule has 5 heteroatoms. The molecular formula is C19H21F2NO2. The van der Waals surface area contributed by atoms with Crippen molar-refractivity contribution in [2.24, 2.45) is 0 Å². The number of carbonyl (C=O) groups excluding carboxylic acids is 1. The topological polar surface area (TPSA) is 38.3 Å². The Morgan fingerprint density at radius 1 is 1.00 bits per heavy atom. The van der Waals surface area contributed by atoms with Crippen molar-refractivity contribution in [3.05, 3.63) is 71.3 Å². The van der Waals surface area contributed by atoms with Crippen molar-refractivity contribution in [1.82, 2.24) is 5.32 Å². The highest BCUT2D eigenvalue weighted by Gasteiger charge is 2.14. The van der Waals surface area contributed by atoms with Gasteiger partial charge in [-0.3, -0.25) is 4.79 Å². The summed E-state index contributed by atoms with van der Waals surface area (Å²) < 4.78 is 31.2. The number of benzene rings is 2. The minimum Gasteiger partial charge on any atom is -0.465 e. The van der Waals surface area contributed by atoms with Crippen LogP contribution in [0.5, 0.6) is 0 Å². The number of hydrogen-bond donors (Lipinski definition) is 1. The van der Waals surface area contributed by atoms with E-state index in [4.69, 9.17) is 4.74 Å². The maximum atomic E-state index is 13.2. The van der Waals surface area contributed by atoms with Gasteiger partial charge in [0.15, 0.2) is 0 Å². The lowest BCUT2D eigenvalue weighted by Crippen LogP contribution is -2.26. The number of esters is 1. The zero-order chi connectivity index (χ0) is 17.4. The van der Waals surface area contributed by atoms with Crippen molar-refractivity contribution in [1.29, 1.82) is 0 Å². The van der Waals surface area contributed by atoms with Crippen LogP contribution in [-0.2, 0) is 9.53 Å². The molecule has 128 valence electrons. The highest BCUT2D eigenvalue weighted by atomic mass is 19.1. The Kier molecular flexibility index (Phi) is 6.88. The van der Waals surface area contributed by atoms with Crippen molar-refractivity contribution >= 4 is 5.97 Å². The summed E-state index contributed by atoms with van der Waals surface area (Å²) >= 11 is 0. The lowest BCUT2D eigenvalue weighted by molar-refractivity contribution is -0.141. The lowest BCUT2D eigenvalue weighted by Gasteiger charge is -2.18. The van der Waals surface area contributed by atoms with E-state index in [2.05, 4.69) is 5.32 Å². The molecule has 0 aliphatic heterocycles. The van der Waals surface area contributed by atoms with Gasteiger partial charge in [0.1, 0.15) is 11.6 Å². The summed E-state index contributed by atoms with van der Waals surface area (Å²) in [5.41, 5.74) is 1.89. The van der Waals surface area contributed by atoms with E-state index in [0.717, 1.165) is 11.1 Å². The third-order valence-electron chi connectivity index (χ3n) is 3.73. The first-order valence-corrected chi connectivity index (χ1v) is 7.97. The van der Waals surface area contributed by atoms with E-state index in [-0.39, 0.29) is 30.1 Å². The predicted octanol–water partition coefficient (Wildman–Crippen LogP) is 3.64. The number of carbonyl (C=O) groups is 1. The molecule has 0 unspecified atom stereocenters. The van der Waals surface area contributed by atoms with Crippen LogP contribution < -0.4 is 5.32 Å². The zero-order valence-corrected chi connectivity index (χ0v) is 13.6. The lowest BCUT2D eigenvalue weighted by atomic mass is 9.88. The smallest absolute Gasteiger partial charge is 0.319 e. The largest absolute Gasteiger partial charge is 0.465 e. The van der Waals surface area contributed by atoms with E-state index >= 15 is 0 Å². The molecule has 0 fully saturated rings.